The van der Waals surface area contributed by atoms with Gasteiger partial charge in [-0.05, 0) is 64.2 Å². The molecule has 0 bridgehead atoms. The lowest BCUT2D eigenvalue weighted by Gasteiger charge is -2.29. The van der Waals surface area contributed by atoms with Gasteiger partial charge in [-0.3, -0.25) is 0 Å². The molecular weight excluding hydrogens is 248 g/mol. The number of nitrogens with one attached hydrogen (secondary N) is 1. The van der Waals surface area contributed by atoms with E-state index in [0.717, 1.165) is 57.9 Å². The van der Waals surface area contributed by atoms with Gasteiger partial charge in [0, 0.05) is 12.8 Å². The van der Waals surface area contributed by atoms with E-state index in [0.29, 0.717) is 0 Å². The second kappa shape index (κ2) is 6.35. The van der Waals surface area contributed by atoms with Crippen LogP contribution in [-0.2, 0) is 9.84 Å². The lowest BCUT2D eigenvalue weighted by atomic mass is 9.99. The number of piperidine rings is 1. The summed E-state index contributed by atoms with van der Waals surface area (Å²) in [6.45, 7) is 5.46. The fourth-order valence-corrected chi connectivity index (χ4v) is 4.31. The van der Waals surface area contributed by atoms with E-state index in [9.17, 15) is 8.42 Å². The number of sulfone groups is 1. The van der Waals surface area contributed by atoms with E-state index in [1.165, 1.54) is 19.1 Å². The molecule has 2 rings (SSSR count). The Morgan fingerprint density at radius 2 is 2.00 bits per heavy atom. The highest BCUT2D eigenvalue weighted by atomic mass is 32.2. The summed E-state index contributed by atoms with van der Waals surface area (Å²) >= 11 is 0. The topological polar surface area (TPSA) is 49.4 Å². The minimum Gasteiger partial charge on any atom is -0.316 e. The molecule has 5 heteroatoms. The Labute approximate surface area is 111 Å². The summed E-state index contributed by atoms with van der Waals surface area (Å²) in [6.07, 6.45) is 6.68. The number of rotatable bonds is 3. The maximum absolute atomic E-state index is 11.6. The van der Waals surface area contributed by atoms with Gasteiger partial charge in [0.1, 0.15) is 9.84 Å². The van der Waals surface area contributed by atoms with Crippen LogP contribution in [0.5, 0.6) is 0 Å². The zero-order chi connectivity index (χ0) is 13.0. The molecule has 4 nitrogen and oxygen atoms in total. The van der Waals surface area contributed by atoms with Crippen molar-refractivity contribution in [2.45, 2.75) is 37.4 Å². The number of hydrogen-bond donors (Lipinski definition) is 1. The fraction of sp³-hybridized carbons (Fsp3) is 1.00. The molecule has 2 aliphatic heterocycles. The first-order valence-electron chi connectivity index (χ1n) is 7.17. The van der Waals surface area contributed by atoms with Gasteiger partial charge in [0.15, 0.2) is 0 Å². The van der Waals surface area contributed by atoms with Crippen LogP contribution in [0.1, 0.15) is 32.1 Å². The zero-order valence-corrected chi connectivity index (χ0v) is 12.2. The van der Waals surface area contributed by atoms with Crippen molar-refractivity contribution in [3.63, 3.8) is 0 Å². The fourth-order valence-electron chi connectivity index (χ4n) is 3.18. The highest BCUT2D eigenvalue weighted by Crippen LogP contribution is 2.19. The van der Waals surface area contributed by atoms with Crippen molar-refractivity contribution in [3.8, 4) is 0 Å². The highest BCUT2D eigenvalue weighted by molar-refractivity contribution is 7.91. The third-order valence-corrected chi connectivity index (χ3v) is 5.97. The van der Waals surface area contributed by atoms with Crippen LogP contribution < -0.4 is 5.32 Å². The van der Waals surface area contributed by atoms with Crippen molar-refractivity contribution >= 4 is 9.84 Å². The SMILES string of the molecule is CS(=O)(=O)C1CCCN(CC2CCCNC2)CC1. The number of likely N-dealkylation sites (tertiary alicyclic amines) is 1. The van der Waals surface area contributed by atoms with Crippen molar-refractivity contribution in [3.05, 3.63) is 0 Å². The average molecular weight is 274 g/mol. The van der Waals surface area contributed by atoms with E-state index >= 15 is 0 Å². The zero-order valence-electron chi connectivity index (χ0n) is 11.4. The molecule has 2 saturated heterocycles. The van der Waals surface area contributed by atoms with Gasteiger partial charge < -0.3 is 10.2 Å². The second-order valence-corrected chi connectivity index (χ2v) is 8.22. The van der Waals surface area contributed by atoms with Crippen LogP contribution in [0.15, 0.2) is 0 Å². The Hall–Kier alpha value is -0.130. The van der Waals surface area contributed by atoms with Gasteiger partial charge in [0.25, 0.3) is 0 Å². The van der Waals surface area contributed by atoms with E-state index < -0.39 is 9.84 Å². The van der Waals surface area contributed by atoms with Crippen LogP contribution in [0, 0.1) is 5.92 Å². The second-order valence-electron chi connectivity index (χ2n) is 5.90. The Morgan fingerprint density at radius 1 is 1.17 bits per heavy atom. The molecule has 0 saturated carbocycles. The van der Waals surface area contributed by atoms with Gasteiger partial charge in [-0.2, -0.15) is 0 Å². The van der Waals surface area contributed by atoms with Gasteiger partial charge >= 0.3 is 0 Å². The van der Waals surface area contributed by atoms with E-state index in [4.69, 9.17) is 0 Å². The quantitative estimate of drug-likeness (QED) is 0.830. The molecule has 0 amide bonds. The van der Waals surface area contributed by atoms with Crippen LogP contribution in [0.3, 0.4) is 0 Å². The molecule has 0 aromatic rings. The van der Waals surface area contributed by atoms with Crippen molar-refractivity contribution < 1.29 is 8.42 Å². The molecule has 2 heterocycles. The summed E-state index contributed by atoms with van der Waals surface area (Å²) in [7, 11) is -2.84. The first kappa shape index (κ1) is 14.3. The van der Waals surface area contributed by atoms with Crippen molar-refractivity contribution in [2.24, 2.45) is 5.92 Å². The smallest absolute Gasteiger partial charge is 0.150 e. The van der Waals surface area contributed by atoms with Crippen LogP contribution in [0.4, 0.5) is 0 Å². The van der Waals surface area contributed by atoms with Gasteiger partial charge in [-0.25, -0.2) is 8.42 Å². The Bertz CT molecular complexity index is 350. The van der Waals surface area contributed by atoms with E-state index in [1.807, 2.05) is 0 Å². The largest absolute Gasteiger partial charge is 0.316 e. The lowest BCUT2D eigenvalue weighted by molar-refractivity contribution is 0.214. The standard InChI is InChI=1S/C13H26N2O2S/c1-18(16,17)13-5-3-8-15(9-6-13)11-12-4-2-7-14-10-12/h12-14H,2-11H2,1H3. The first-order chi connectivity index (χ1) is 8.55. The van der Waals surface area contributed by atoms with Crippen molar-refractivity contribution in [2.75, 3.05) is 39.0 Å². The Morgan fingerprint density at radius 3 is 2.67 bits per heavy atom. The summed E-state index contributed by atoms with van der Waals surface area (Å²) in [5.74, 6) is 0.758. The van der Waals surface area contributed by atoms with Crippen molar-refractivity contribution in [1.82, 2.24) is 10.2 Å². The monoisotopic (exact) mass is 274 g/mol. The van der Waals surface area contributed by atoms with Crippen molar-refractivity contribution in [1.29, 1.82) is 0 Å². The molecule has 106 valence electrons. The molecule has 0 radical (unpaired) electrons. The molecule has 2 atom stereocenters. The maximum atomic E-state index is 11.6. The summed E-state index contributed by atoms with van der Waals surface area (Å²) in [5, 5.41) is 3.35. The third-order valence-electron chi connectivity index (χ3n) is 4.29. The molecule has 2 fully saturated rings. The maximum Gasteiger partial charge on any atom is 0.150 e. The summed E-state index contributed by atoms with van der Waals surface area (Å²) in [5.41, 5.74) is 0. The van der Waals surface area contributed by atoms with Gasteiger partial charge in [-0.15, -0.1) is 0 Å². The summed E-state index contributed by atoms with van der Waals surface area (Å²) in [4.78, 5) is 2.48. The average Bonchev–Trinajstić information content (AvgIpc) is 2.55. The van der Waals surface area contributed by atoms with Gasteiger partial charge in [0.2, 0.25) is 0 Å². The predicted molar refractivity (Wildman–Crippen MR) is 74.5 cm³/mol. The molecular formula is C13H26N2O2S. The van der Waals surface area contributed by atoms with E-state index in [-0.39, 0.29) is 5.25 Å². The third kappa shape index (κ3) is 4.21. The summed E-state index contributed by atoms with van der Waals surface area (Å²) < 4.78 is 23.2. The lowest BCUT2D eigenvalue weighted by Crippen LogP contribution is -2.38. The first-order valence-corrected chi connectivity index (χ1v) is 9.13. The normalized spacial score (nSPS) is 32.1. The van der Waals surface area contributed by atoms with Crippen LogP contribution in [0.2, 0.25) is 0 Å². The summed E-state index contributed by atoms with van der Waals surface area (Å²) in [6, 6.07) is 0. The van der Waals surface area contributed by atoms with Gasteiger partial charge in [0.05, 0.1) is 5.25 Å². The van der Waals surface area contributed by atoms with Crippen LogP contribution in [0.25, 0.3) is 0 Å². The molecule has 2 unspecified atom stereocenters. The molecule has 0 aromatic heterocycles. The van der Waals surface area contributed by atoms with E-state index in [2.05, 4.69) is 10.2 Å². The molecule has 2 aliphatic rings. The highest BCUT2D eigenvalue weighted by Gasteiger charge is 2.25. The molecule has 0 aromatic carbocycles. The number of hydrogen-bond acceptors (Lipinski definition) is 4. The minimum absolute atomic E-state index is 0.105. The predicted octanol–water partition coefficient (Wildman–Crippen LogP) is 0.885. The molecule has 1 N–H and O–H groups in total. The molecule has 0 spiro atoms. The van der Waals surface area contributed by atoms with Crippen LogP contribution in [-0.4, -0.2) is 57.5 Å². The molecule has 0 aliphatic carbocycles. The van der Waals surface area contributed by atoms with Gasteiger partial charge in [-0.1, -0.05) is 0 Å². The minimum atomic E-state index is -2.84. The Balaban J connectivity index is 1.81. The number of nitrogens with zero attached hydrogens (tertiary/aromatic N) is 1. The van der Waals surface area contributed by atoms with Crippen LogP contribution >= 0.6 is 0 Å². The Kier molecular flexibility index (Phi) is 5.04. The van der Waals surface area contributed by atoms with E-state index in [1.54, 1.807) is 0 Å². The molecule has 18 heavy (non-hydrogen) atoms.